The van der Waals surface area contributed by atoms with Crippen LogP contribution in [0.2, 0.25) is 0 Å². The Kier molecular flexibility index (Phi) is 2.71. The molecule has 0 aliphatic rings. The second kappa shape index (κ2) is 4.25. The van der Waals surface area contributed by atoms with Crippen molar-refractivity contribution in [3.05, 3.63) is 56.8 Å². The maximum Gasteiger partial charge on any atom is 0.189 e. The number of fused-ring (bicyclic) bond motifs is 3. The van der Waals surface area contributed by atoms with E-state index in [9.17, 15) is 4.79 Å². The van der Waals surface area contributed by atoms with Crippen LogP contribution in [-0.4, -0.2) is 4.98 Å². The van der Waals surface area contributed by atoms with E-state index in [0.29, 0.717) is 0 Å². The Balaban J connectivity index is 2.60. The summed E-state index contributed by atoms with van der Waals surface area (Å²) in [6, 6.07) is 11.7. The molecule has 0 saturated heterocycles. The van der Waals surface area contributed by atoms with E-state index in [1.54, 1.807) is 6.07 Å². The first-order chi connectivity index (χ1) is 8.70. The Hall–Kier alpha value is -1.61. The summed E-state index contributed by atoms with van der Waals surface area (Å²) in [5.41, 5.74) is 1.98. The summed E-state index contributed by atoms with van der Waals surface area (Å²) in [4.78, 5) is 15.5. The van der Waals surface area contributed by atoms with Gasteiger partial charge in [0.15, 0.2) is 5.43 Å². The molecular weight excluding hydrogens is 290 g/mol. The van der Waals surface area contributed by atoms with Crippen molar-refractivity contribution >= 4 is 37.6 Å². The molecule has 3 aromatic rings. The number of hydrogen-bond donors (Lipinski definition) is 1. The molecule has 0 aliphatic heterocycles. The molecule has 0 fully saturated rings. The first-order valence-corrected chi connectivity index (χ1v) is 6.73. The molecule has 3 rings (SSSR count). The molecule has 18 heavy (non-hydrogen) atoms. The highest BCUT2D eigenvalue weighted by Gasteiger charge is 2.08. The fourth-order valence-corrected chi connectivity index (χ4v) is 2.86. The van der Waals surface area contributed by atoms with Gasteiger partial charge in [-0.25, -0.2) is 0 Å². The van der Waals surface area contributed by atoms with Gasteiger partial charge < -0.3 is 4.98 Å². The van der Waals surface area contributed by atoms with E-state index in [4.69, 9.17) is 0 Å². The maximum absolute atomic E-state index is 12.1. The van der Waals surface area contributed by atoms with E-state index in [0.717, 1.165) is 38.3 Å². The summed E-state index contributed by atoms with van der Waals surface area (Å²) in [6.07, 6.45) is 0.829. The second-order valence-corrected chi connectivity index (χ2v) is 5.19. The van der Waals surface area contributed by atoms with E-state index < -0.39 is 0 Å². The van der Waals surface area contributed by atoms with Gasteiger partial charge in [0.1, 0.15) is 0 Å². The SMILES string of the molecule is CCc1cc(=O)c2cc(Br)c3ccccc3c2[nH]1. The standard InChI is InChI=1S/C15H12BrNO/c1-2-9-7-14(18)12-8-13(16)10-5-3-4-6-11(10)15(12)17-9/h3-8H,2H2,1H3,(H,17,18). The quantitative estimate of drug-likeness (QED) is 0.677. The Morgan fingerprint density at radius 2 is 1.83 bits per heavy atom. The smallest absolute Gasteiger partial charge is 0.189 e. The van der Waals surface area contributed by atoms with Crippen molar-refractivity contribution in [2.75, 3.05) is 0 Å². The molecule has 0 aliphatic carbocycles. The van der Waals surface area contributed by atoms with Gasteiger partial charge in [-0.2, -0.15) is 0 Å². The fraction of sp³-hybridized carbons (Fsp3) is 0.133. The average molecular weight is 302 g/mol. The monoisotopic (exact) mass is 301 g/mol. The number of nitrogens with one attached hydrogen (secondary N) is 1. The van der Waals surface area contributed by atoms with Crippen LogP contribution in [0, 0.1) is 0 Å². The molecule has 1 N–H and O–H groups in total. The Labute approximate surface area is 113 Å². The summed E-state index contributed by atoms with van der Waals surface area (Å²) in [7, 11) is 0. The van der Waals surface area contributed by atoms with Gasteiger partial charge in [-0.05, 0) is 17.9 Å². The van der Waals surface area contributed by atoms with Gasteiger partial charge in [0.25, 0.3) is 0 Å². The van der Waals surface area contributed by atoms with Gasteiger partial charge in [-0.1, -0.05) is 47.1 Å². The molecule has 90 valence electrons. The fourth-order valence-electron chi connectivity index (χ4n) is 2.28. The number of aromatic nitrogens is 1. The maximum atomic E-state index is 12.1. The van der Waals surface area contributed by atoms with Crippen molar-refractivity contribution in [1.29, 1.82) is 0 Å². The van der Waals surface area contributed by atoms with Crippen LogP contribution in [0.3, 0.4) is 0 Å². The molecule has 0 unspecified atom stereocenters. The molecular formula is C15H12BrNO. The number of hydrogen-bond acceptors (Lipinski definition) is 1. The van der Waals surface area contributed by atoms with Crippen molar-refractivity contribution < 1.29 is 0 Å². The van der Waals surface area contributed by atoms with Crippen LogP contribution in [0.15, 0.2) is 45.7 Å². The van der Waals surface area contributed by atoms with E-state index in [-0.39, 0.29) is 5.43 Å². The summed E-state index contributed by atoms with van der Waals surface area (Å²) in [6.45, 7) is 2.04. The van der Waals surface area contributed by atoms with Crippen LogP contribution >= 0.6 is 15.9 Å². The average Bonchev–Trinajstić information content (AvgIpc) is 2.40. The summed E-state index contributed by atoms with van der Waals surface area (Å²) in [5, 5.41) is 2.93. The largest absolute Gasteiger partial charge is 0.358 e. The van der Waals surface area contributed by atoms with Crippen LogP contribution in [-0.2, 0) is 6.42 Å². The lowest BCUT2D eigenvalue weighted by Crippen LogP contribution is -2.05. The van der Waals surface area contributed by atoms with Crippen molar-refractivity contribution in [3.63, 3.8) is 0 Å². The molecule has 0 radical (unpaired) electrons. The predicted octanol–water partition coefficient (Wildman–Crippen LogP) is 4.01. The van der Waals surface area contributed by atoms with Crippen LogP contribution in [0.1, 0.15) is 12.6 Å². The molecule has 1 heterocycles. The predicted molar refractivity (Wildman–Crippen MR) is 79.2 cm³/mol. The van der Waals surface area contributed by atoms with E-state index in [1.807, 2.05) is 31.2 Å². The number of halogens is 1. The van der Waals surface area contributed by atoms with Crippen molar-refractivity contribution in [3.8, 4) is 0 Å². The van der Waals surface area contributed by atoms with Gasteiger partial charge in [-0.3, -0.25) is 4.79 Å². The highest BCUT2D eigenvalue weighted by atomic mass is 79.9. The Bertz CT molecular complexity index is 805. The molecule has 3 heteroatoms. The molecule has 0 saturated carbocycles. The van der Waals surface area contributed by atoms with Crippen LogP contribution in [0.5, 0.6) is 0 Å². The van der Waals surface area contributed by atoms with Gasteiger partial charge in [0, 0.05) is 27.0 Å². The van der Waals surface area contributed by atoms with Gasteiger partial charge in [-0.15, -0.1) is 0 Å². The topological polar surface area (TPSA) is 32.9 Å². The summed E-state index contributed by atoms with van der Waals surface area (Å²) in [5.74, 6) is 0. The first kappa shape index (κ1) is 11.5. The van der Waals surface area contributed by atoms with Gasteiger partial charge in [0.2, 0.25) is 0 Å². The summed E-state index contributed by atoms with van der Waals surface area (Å²) >= 11 is 3.53. The van der Waals surface area contributed by atoms with Crippen LogP contribution in [0.4, 0.5) is 0 Å². The van der Waals surface area contributed by atoms with E-state index >= 15 is 0 Å². The zero-order valence-corrected chi connectivity index (χ0v) is 11.5. The number of rotatable bonds is 1. The van der Waals surface area contributed by atoms with E-state index in [1.165, 1.54) is 0 Å². The highest BCUT2D eigenvalue weighted by molar-refractivity contribution is 9.10. The second-order valence-electron chi connectivity index (χ2n) is 4.34. The van der Waals surface area contributed by atoms with Crippen molar-refractivity contribution in [2.24, 2.45) is 0 Å². The summed E-state index contributed by atoms with van der Waals surface area (Å²) < 4.78 is 0.959. The first-order valence-electron chi connectivity index (χ1n) is 5.94. The lowest BCUT2D eigenvalue weighted by Gasteiger charge is -2.07. The third-order valence-electron chi connectivity index (χ3n) is 3.23. The normalized spacial score (nSPS) is 11.2. The molecule has 0 atom stereocenters. The Morgan fingerprint density at radius 1 is 1.11 bits per heavy atom. The molecule has 2 aromatic carbocycles. The third kappa shape index (κ3) is 1.66. The number of aromatic amines is 1. The van der Waals surface area contributed by atoms with E-state index in [2.05, 4.69) is 27.0 Å². The highest BCUT2D eigenvalue weighted by Crippen LogP contribution is 2.29. The lowest BCUT2D eigenvalue weighted by molar-refractivity contribution is 1.05. The Morgan fingerprint density at radius 3 is 2.56 bits per heavy atom. The lowest BCUT2D eigenvalue weighted by atomic mass is 10.1. The number of H-pyrrole nitrogens is 1. The van der Waals surface area contributed by atoms with Gasteiger partial charge >= 0.3 is 0 Å². The molecule has 0 spiro atoms. The molecule has 0 bridgehead atoms. The minimum atomic E-state index is 0.0760. The minimum Gasteiger partial charge on any atom is -0.358 e. The van der Waals surface area contributed by atoms with Crippen molar-refractivity contribution in [1.82, 2.24) is 4.98 Å². The number of benzene rings is 2. The molecule has 2 nitrogen and oxygen atoms in total. The molecule has 0 amide bonds. The number of pyridine rings is 1. The third-order valence-corrected chi connectivity index (χ3v) is 3.89. The molecule has 1 aromatic heterocycles. The number of aryl methyl sites for hydroxylation is 1. The van der Waals surface area contributed by atoms with Crippen LogP contribution in [0.25, 0.3) is 21.7 Å². The minimum absolute atomic E-state index is 0.0760. The van der Waals surface area contributed by atoms with Crippen molar-refractivity contribution in [2.45, 2.75) is 13.3 Å². The van der Waals surface area contributed by atoms with Crippen LogP contribution < -0.4 is 5.43 Å². The van der Waals surface area contributed by atoms with Gasteiger partial charge in [0.05, 0.1) is 5.52 Å². The zero-order chi connectivity index (χ0) is 12.7. The zero-order valence-electron chi connectivity index (χ0n) is 9.96.